The Morgan fingerprint density at radius 3 is 2.15 bits per heavy atom. The molecule has 0 N–H and O–H groups in total. The zero-order valence-electron chi connectivity index (χ0n) is 13.6. The van der Waals surface area contributed by atoms with Crippen molar-refractivity contribution < 1.29 is 18.8 Å². The van der Waals surface area contributed by atoms with Crippen molar-refractivity contribution in [2.24, 2.45) is 0 Å². The third kappa shape index (κ3) is 4.63. The minimum Gasteiger partial charge on any atom is -0.466 e. The molecule has 0 aromatic carbocycles. The Morgan fingerprint density at radius 1 is 1.10 bits per heavy atom. The highest BCUT2D eigenvalue weighted by Gasteiger charge is 2.51. The standard InChI is InChI=1S/C15H27BO4/c1-12(10-8-7-9-11-18-13(2)17)16-19-14(3,4)15(5,6)20-16/h10H,7-9,11H2,1-6H3/b12-10-. The Hall–Kier alpha value is -0.805. The first-order chi connectivity index (χ1) is 9.16. The zero-order chi connectivity index (χ0) is 15.4. The second-order valence-corrected chi connectivity index (χ2v) is 6.37. The second kappa shape index (κ2) is 6.77. The van der Waals surface area contributed by atoms with Crippen LogP contribution in [-0.2, 0) is 18.8 Å². The van der Waals surface area contributed by atoms with Crippen LogP contribution in [0.2, 0.25) is 0 Å². The minimum absolute atomic E-state index is 0.214. The van der Waals surface area contributed by atoms with Gasteiger partial charge in [-0.1, -0.05) is 6.08 Å². The molecule has 1 aliphatic heterocycles. The maximum Gasteiger partial charge on any atom is 0.489 e. The number of hydrogen-bond acceptors (Lipinski definition) is 4. The molecule has 1 rings (SSSR count). The van der Waals surface area contributed by atoms with Crippen LogP contribution in [0.1, 0.15) is 60.8 Å². The van der Waals surface area contributed by atoms with Gasteiger partial charge in [0.25, 0.3) is 0 Å². The lowest BCUT2D eigenvalue weighted by molar-refractivity contribution is -0.141. The van der Waals surface area contributed by atoms with E-state index in [-0.39, 0.29) is 24.3 Å². The van der Waals surface area contributed by atoms with Gasteiger partial charge in [0.15, 0.2) is 0 Å². The fourth-order valence-electron chi connectivity index (χ4n) is 1.92. The predicted molar refractivity (Wildman–Crippen MR) is 80.3 cm³/mol. The number of carbonyl (C=O) groups is 1. The van der Waals surface area contributed by atoms with Crippen molar-refractivity contribution in [1.82, 2.24) is 0 Å². The lowest BCUT2D eigenvalue weighted by Crippen LogP contribution is -2.41. The van der Waals surface area contributed by atoms with E-state index in [1.807, 2.05) is 6.92 Å². The normalized spacial score (nSPS) is 21.1. The predicted octanol–water partition coefficient (Wildman–Crippen LogP) is 3.30. The first-order valence-corrected chi connectivity index (χ1v) is 7.31. The van der Waals surface area contributed by atoms with Crippen LogP contribution in [0, 0.1) is 0 Å². The van der Waals surface area contributed by atoms with Crippen LogP contribution in [0.4, 0.5) is 0 Å². The molecule has 114 valence electrons. The van der Waals surface area contributed by atoms with Crippen molar-refractivity contribution in [3.05, 3.63) is 11.5 Å². The largest absolute Gasteiger partial charge is 0.489 e. The van der Waals surface area contributed by atoms with E-state index in [1.165, 1.54) is 6.92 Å². The quantitative estimate of drug-likeness (QED) is 0.426. The topological polar surface area (TPSA) is 44.8 Å². The summed E-state index contributed by atoms with van der Waals surface area (Å²) in [5.41, 5.74) is 0.528. The monoisotopic (exact) mass is 282 g/mol. The van der Waals surface area contributed by atoms with Gasteiger partial charge < -0.3 is 14.0 Å². The Labute approximate surface area is 123 Å². The second-order valence-electron chi connectivity index (χ2n) is 6.37. The molecule has 0 aromatic rings. The summed E-state index contributed by atoms with van der Waals surface area (Å²) in [5.74, 6) is -0.214. The van der Waals surface area contributed by atoms with Gasteiger partial charge in [-0.05, 0) is 59.4 Å². The molecule has 0 saturated carbocycles. The van der Waals surface area contributed by atoms with E-state index in [4.69, 9.17) is 14.0 Å². The Bertz CT molecular complexity index is 358. The average molecular weight is 282 g/mol. The first kappa shape index (κ1) is 17.2. The van der Waals surface area contributed by atoms with Crippen molar-refractivity contribution in [2.45, 2.75) is 72.0 Å². The van der Waals surface area contributed by atoms with E-state index >= 15 is 0 Å². The fourth-order valence-corrected chi connectivity index (χ4v) is 1.92. The van der Waals surface area contributed by atoms with Crippen molar-refractivity contribution >= 4 is 13.1 Å². The minimum atomic E-state index is -0.290. The van der Waals surface area contributed by atoms with Crippen LogP contribution < -0.4 is 0 Å². The van der Waals surface area contributed by atoms with E-state index < -0.39 is 0 Å². The van der Waals surface area contributed by atoms with Gasteiger partial charge in [-0.25, -0.2) is 0 Å². The number of allylic oxidation sites excluding steroid dienone is 2. The maximum absolute atomic E-state index is 10.6. The van der Waals surface area contributed by atoms with Gasteiger partial charge in [-0.3, -0.25) is 4.79 Å². The molecule has 20 heavy (non-hydrogen) atoms. The average Bonchev–Trinajstić information content (AvgIpc) is 2.52. The van der Waals surface area contributed by atoms with E-state index in [0.29, 0.717) is 6.61 Å². The Morgan fingerprint density at radius 2 is 1.65 bits per heavy atom. The molecule has 0 unspecified atom stereocenters. The first-order valence-electron chi connectivity index (χ1n) is 7.31. The Balaban J connectivity index is 2.34. The van der Waals surface area contributed by atoms with E-state index in [0.717, 1.165) is 24.7 Å². The number of esters is 1. The molecule has 1 saturated heterocycles. The number of unbranched alkanes of at least 4 members (excludes halogenated alkanes) is 2. The smallest absolute Gasteiger partial charge is 0.466 e. The summed E-state index contributed by atoms with van der Waals surface area (Å²) in [6, 6.07) is 0. The highest BCUT2D eigenvalue weighted by Crippen LogP contribution is 2.38. The summed E-state index contributed by atoms with van der Waals surface area (Å²) in [7, 11) is -0.256. The van der Waals surface area contributed by atoms with Crippen molar-refractivity contribution in [2.75, 3.05) is 6.61 Å². The fraction of sp³-hybridized carbons (Fsp3) is 0.800. The molecule has 0 aromatic heterocycles. The number of carbonyl (C=O) groups excluding carboxylic acids is 1. The molecule has 1 heterocycles. The van der Waals surface area contributed by atoms with Gasteiger partial charge in [0.2, 0.25) is 0 Å². The van der Waals surface area contributed by atoms with Crippen LogP contribution in [-0.4, -0.2) is 30.9 Å². The van der Waals surface area contributed by atoms with Gasteiger partial charge in [-0.2, -0.15) is 0 Å². The molecule has 1 aliphatic rings. The Kier molecular flexibility index (Phi) is 5.84. The molecule has 0 radical (unpaired) electrons. The van der Waals surface area contributed by atoms with Crippen LogP contribution in [0.25, 0.3) is 0 Å². The molecular weight excluding hydrogens is 255 g/mol. The molecule has 5 heteroatoms. The van der Waals surface area contributed by atoms with Gasteiger partial charge in [0.1, 0.15) is 0 Å². The lowest BCUT2D eigenvalue weighted by atomic mass is 9.79. The summed E-state index contributed by atoms with van der Waals surface area (Å²) >= 11 is 0. The molecule has 0 atom stereocenters. The third-order valence-corrected chi connectivity index (χ3v) is 4.00. The van der Waals surface area contributed by atoms with Gasteiger partial charge in [-0.15, -0.1) is 0 Å². The van der Waals surface area contributed by atoms with Crippen molar-refractivity contribution in [1.29, 1.82) is 0 Å². The third-order valence-electron chi connectivity index (χ3n) is 4.00. The zero-order valence-corrected chi connectivity index (χ0v) is 13.6. The molecule has 1 fully saturated rings. The summed E-state index contributed by atoms with van der Waals surface area (Å²) in [6.45, 7) is 12.2. The molecule has 0 aliphatic carbocycles. The van der Waals surface area contributed by atoms with Gasteiger partial charge >= 0.3 is 13.1 Å². The van der Waals surface area contributed by atoms with Crippen LogP contribution in [0.5, 0.6) is 0 Å². The SMILES string of the molecule is CC(=O)OCCCC/C=C(/C)B1OC(C)(C)C(C)(C)O1. The number of rotatable bonds is 6. The summed E-state index contributed by atoms with van der Waals surface area (Å²) in [5, 5.41) is 0. The van der Waals surface area contributed by atoms with Gasteiger partial charge in [0.05, 0.1) is 17.8 Å². The van der Waals surface area contributed by atoms with Crippen LogP contribution >= 0.6 is 0 Å². The maximum atomic E-state index is 10.6. The molecular formula is C15H27BO4. The van der Waals surface area contributed by atoms with Gasteiger partial charge in [0, 0.05) is 6.92 Å². The summed E-state index contributed by atoms with van der Waals surface area (Å²) < 4.78 is 16.8. The van der Waals surface area contributed by atoms with E-state index in [1.54, 1.807) is 0 Å². The van der Waals surface area contributed by atoms with Crippen LogP contribution in [0.15, 0.2) is 11.5 Å². The number of ether oxygens (including phenoxy) is 1. The lowest BCUT2D eigenvalue weighted by Gasteiger charge is -2.32. The van der Waals surface area contributed by atoms with Crippen LogP contribution in [0.3, 0.4) is 0 Å². The number of hydrogen-bond donors (Lipinski definition) is 0. The molecule has 0 spiro atoms. The molecule has 0 bridgehead atoms. The molecule has 0 amide bonds. The summed E-state index contributed by atoms with van der Waals surface area (Å²) in [6.07, 6.45) is 4.96. The molecule has 4 nitrogen and oxygen atoms in total. The van der Waals surface area contributed by atoms with E-state index in [9.17, 15) is 4.79 Å². The van der Waals surface area contributed by atoms with E-state index in [2.05, 4.69) is 33.8 Å². The highest BCUT2D eigenvalue weighted by molar-refractivity contribution is 6.54. The van der Waals surface area contributed by atoms with Crippen molar-refractivity contribution in [3.8, 4) is 0 Å². The summed E-state index contributed by atoms with van der Waals surface area (Å²) in [4.78, 5) is 10.6. The van der Waals surface area contributed by atoms with Crippen molar-refractivity contribution in [3.63, 3.8) is 0 Å². The highest BCUT2D eigenvalue weighted by atomic mass is 16.7.